The Morgan fingerprint density at radius 3 is 2.88 bits per heavy atom. The zero-order valence-corrected chi connectivity index (χ0v) is 19.2. The van der Waals surface area contributed by atoms with Gasteiger partial charge in [0, 0.05) is 42.0 Å². The van der Waals surface area contributed by atoms with Crippen LogP contribution in [-0.4, -0.2) is 58.6 Å². The minimum Gasteiger partial charge on any atom is -0.461 e. The topological polar surface area (TPSA) is 87.3 Å². The lowest BCUT2D eigenvalue weighted by Crippen LogP contribution is -2.50. The number of likely N-dealkylation sites (tertiary alicyclic amines) is 1. The van der Waals surface area contributed by atoms with Crippen LogP contribution >= 0.6 is 11.6 Å². The molecule has 3 aliphatic rings. The summed E-state index contributed by atoms with van der Waals surface area (Å²) in [6.07, 6.45) is 1.77. The zero-order valence-electron chi connectivity index (χ0n) is 18.4. The quantitative estimate of drug-likeness (QED) is 0.514. The Bertz CT molecular complexity index is 1040. The SMILES string of the molecule is CCOC(=O)c1n[nH]c2c1[C@@H]1C(C3CN(C(=O)CCl)CCC3Nc3ccccc3C)[C@@H]1C2. The van der Waals surface area contributed by atoms with E-state index in [0.717, 1.165) is 29.8 Å². The number of nitrogens with zero attached hydrogens (tertiary/aromatic N) is 2. The molecule has 1 aliphatic heterocycles. The number of hydrogen-bond donors (Lipinski definition) is 2. The fraction of sp³-hybridized carbons (Fsp3) is 0.542. The van der Waals surface area contributed by atoms with Crippen LogP contribution in [0.1, 0.15) is 46.6 Å². The van der Waals surface area contributed by atoms with Crippen LogP contribution in [0.3, 0.4) is 0 Å². The van der Waals surface area contributed by atoms with Gasteiger partial charge >= 0.3 is 5.97 Å². The molecule has 5 rings (SSSR count). The molecule has 2 fully saturated rings. The number of amides is 1. The van der Waals surface area contributed by atoms with E-state index < -0.39 is 0 Å². The number of halogens is 1. The first-order valence-corrected chi connectivity index (χ1v) is 12.0. The maximum absolute atomic E-state index is 12.5. The number of H-pyrrole nitrogens is 1. The number of carbonyl (C=O) groups is 2. The molecular weight excluding hydrogens is 428 g/mol. The summed E-state index contributed by atoms with van der Waals surface area (Å²) in [5, 5.41) is 11.1. The van der Waals surface area contributed by atoms with Gasteiger partial charge in [0.25, 0.3) is 0 Å². The molecular formula is C24H29ClN4O3. The van der Waals surface area contributed by atoms with E-state index in [0.29, 0.717) is 43.1 Å². The molecule has 0 spiro atoms. The molecule has 1 amide bonds. The summed E-state index contributed by atoms with van der Waals surface area (Å²) in [6.45, 7) is 5.64. The number of nitrogens with one attached hydrogen (secondary N) is 2. The number of hydrogen-bond acceptors (Lipinski definition) is 5. The Hall–Kier alpha value is -2.54. The summed E-state index contributed by atoms with van der Waals surface area (Å²) in [6, 6.07) is 8.57. The van der Waals surface area contributed by atoms with E-state index in [1.165, 1.54) is 5.56 Å². The molecule has 7 nitrogen and oxygen atoms in total. The van der Waals surface area contributed by atoms with Gasteiger partial charge in [0.05, 0.1) is 6.61 Å². The summed E-state index contributed by atoms with van der Waals surface area (Å²) in [4.78, 5) is 26.7. The third-order valence-electron chi connectivity index (χ3n) is 7.46. The second-order valence-electron chi connectivity index (χ2n) is 9.15. The van der Waals surface area contributed by atoms with Crippen molar-refractivity contribution in [2.45, 2.75) is 38.6 Å². The molecule has 32 heavy (non-hydrogen) atoms. The van der Waals surface area contributed by atoms with Gasteiger partial charge < -0.3 is 15.0 Å². The average Bonchev–Trinajstić information content (AvgIpc) is 3.13. The maximum Gasteiger partial charge on any atom is 0.359 e. The van der Waals surface area contributed by atoms with Crippen molar-refractivity contribution in [1.82, 2.24) is 15.1 Å². The number of aromatic amines is 1. The van der Waals surface area contributed by atoms with Crippen LogP contribution in [0.15, 0.2) is 24.3 Å². The number of ether oxygens (including phenoxy) is 1. The van der Waals surface area contributed by atoms with Crippen molar-refractivity contribution in [3.05, 3.63) is 46.8 Å². The van der Waals surface area contributed by atoms with Gasteiger partial charge in [-0.15, -0.1) is 11.6 Å². The van der Waals surface area contributed by atoms with Crippen molar-refractivity contribution in [3.63, 3.8) is 0 Å². The largest absolute Gasteiger partial charge is 0.461 e. The Labute approximate surface area is 192 Å². The Morgan fingerprint density at radius 2 is 2.12 bits per heavy atom. The summed E-state index contributed by atoms with van der Waals surface area (Å²) < 4.78 is 5.23. The normalized spacial score (nSPS) is 28.1. The van der Waals surface area contributed by atoms with Crippen LogP contribution in [0.4, 0.5) is 5.69 Å². The number of aryl methyl sites for hydroxylation is 1. The van der Waals surface area contributed by atoms with Crippen molar-refractivity contribution in [2.24, 2.45) is 17.8 Å². The van der Waals surface area contributed by atoms with Crippen LogP contribution < -0.4 is 5.32 Å². The van der Waals surface area contributed by atoms with Gasteiger partial charge in [0.1, 0.15) is 5.88 Å². The molecule has 8 heteroatoms. The van der Waals surface area contributed by atoms with E-state index >= 15 is 0 Å². The first kappa shape index (κ1) is 21.3. The highest BCUT2D eigenvalue weighted by Gasteiger charge is 2.62. The molecule has 2 N–H and O–H groups in total. The van der Waals surface area contributed by atoms with Crippen LogP contribution in [-0.2, 0) is 16.0 Å². The zero-order chi connectivity index (χ0) is 22.4. The number of benzene rings is 1. The van der Waals surface area contributed by atoms with Gasteiger partial charge in [-0.05, 0) is 56.1 Å². The fourth-order valence-corrected chi connectivity index (χ4v) is 6.11. The molecule has 1 saturated heterocycles. The highest BCUT2D eigenvalue weighted by Crippen LogP contribution is 2.65. The van der Waals surface area contributed by atoms with E-state index in [1.807, 2.05) is 17.0 Å². The molecule has 0 bridgehead atoms. The number of anilines is 1. The van der Waals surface area contributed by atoms with E-state index in [9.17, 15) is 9.59 Å². The highest BCUT2D eigenvalue weighted by molar-refractivity contribution is 6.27. The van der Waals surface area contributed by atoms with Crippen LogP contribution in [0.25, 0.3) is 0 Å². The third kappa shape index (κ3) is 3.56. The summed E-state index contributed by atoms with van der Waals surface area (Å²) in [5.74, 6) is 1.11. The molecule has 1 aromatic heterocycles. The molecule has 5 atom stereocenters. The molecule has 2 heterocycles. The van der Waals surface area contributed by atoms with E-state index in [2.05, 4.69) is 34.6 Å². The standard InChI is InChI=1S/C24H29ClN4O3/c1-3-32-24(31)23-22-18(27-28-23)10-14-20(21(14)22)15-12-29(19(30)11-25)9-8-17(15)26-16-7-5-4-6-13(16)2/h4-7,14-15,17,20-21,26H,3,8-12H2,1-2H3,(H,27,28)/t14-,15?,17?,20?,21-/m0/s1. The third-order valence-corrected chi connectivity index (χ3v) is 7.69. The predicted molar refractivity (Wildman–Crippen MR) is 122 cm³/mol. The monoisotopic (exact) mass is 456 g/mol. The number of piperidine rings is 1. The van der Waals surface area contributed by atoms with Crippen molar-refractivity contribution in [3.8, 4) is 0 Å². The molecule has 1 aromatic carbocycles. The highest BCUT2D eigenvalue weighted by atomic mass is 35.5. The molecule has 170 valence electrons. The van der Waals surface area contributed by atoms with E-state index in [4.69, 9.17) is 16.3 Å². The number of fused-ring (bicyclic) bond motifs is 3. The Balaban J connectivity index is 1.41. The molecule has 2 aromatic rings. The predicted octanol–water partition coefficient (Wildman–Crippen LogP) is 3.35. The number of para-hydroxylation sites is 1. The van der Waals surface area contributed by atoms with E-state index in [1.54, 1.807) is 6.92 Å². The number of esters is 1. The number of aromatic nitrogens is 2. The van der Waals surface area contributed by atoms with Crippen LogP contribution in [0.5, 0.6) is 0 Å². The lowest BCUT2D eigenvalue weighted by atomic mass is 9.84. The first-order valence-electron chi connectivity index (χ1n) is 11.4. The van der Waals surface area contributed by atoms with E-state index in [-0.39, 0.29) is 29.7 Å². The molecule has 3 unspecified atom stereocenters. The molecule has 2 aliphatic carbocycles. The lowest BCUT2D eigenvalue weighted by Gasteiger charge is -2.40. The smallest absolute Gasteiger partial charge is 0.359 e. The summed E-state index contributed by atoms with van der Waals surface area (Å²) in [7, 11) is 0. The summed E-state index contributed by atoms with van der Waals surface area (Å²) in [5.41, 5.74) is 4.88. The molecule has 1 saturated carbocycles. The number of carbonyl (C=O) groups excluding carboxylic acids is 2. The van der Waals surface area contributed by atoms with Crippen LogP contribution in [0.2, 0.25) is 0 Å². The summed E-state index contributed by atoms with van der Waals surface area (Å²) >= 11 is 5.88. The van der Waals surface area contributed by atoms with Gasteiger partial charge in [0.15, 0.2) is 5.69 Å². The first-order chi connectivity index (χ1) is 15.5. The maximum atomic E-state index is 12.5. The Kier molecular flexibility index (Phi) is 5.61. The fourth-order valence-electron chi connectivity index (χ4n) is 5.94. The van der Waals surface area contributed by atoms with Gasteiger partial charge in [-0.25, -0.2) is 4.79 Å². The van der Waals surface area contributed by atoms with Gasteiger partial charge in [-0.1, -0.05) is 18.2 Å². The van der Waals surface area contributed by atoms with Crippen molar-refractivity contribution >= 4 is 29.2 Å². The minimum absolute atomic E-state index is 0.00645. The van der Waals surface area contributed by atoms with Crippen LogP contribution in [0, 0.1) is 24.7 Å². The number of alkyl halides is 1. The van der Waals surface area contributed by atoms with Gasteiger partial charge in [-0.3, -0.25) is 9.89 Å². The average molecular weight is 457 g/mol. The second-order valence-corrected chi connectivity index (χ2v) is 9.41. The lowest BCUT2D eigenvalue weighted by molar-refractivity contribution is -0.130. The van der Waals surface area contributed by atoms with Crippen molar-refractivity contribution < 1.29 is 14.3 Å². The molecule has 0 radical (unpaired) electrons. The van der Waals surface area contributed by atoms with Gasteiger partial charge in [-0.2, -0.15) is 5.10 Å². The van der Waals surface area contributed by atoms with Crippen molar-refractivity contribution in [1.29, 1.82) is 0 Å². The van der Waals surface area contributed by atoms with Gasteiger partial charge in [0.2, 0.25) is 5.91 Å². The second kappa shape index (κ2) is 8.43. The Morgan fingerprint density at radius 1 is 1.31 bits per heavy atom. The number of rotatable bonds is 6. The minimum atomic E-state index is -0.353. The van der Waals surface area contributed by atoms with Crippen molar-refractivity contribution in [2.75, 3.05) is 30.9 Å².